The number of benzene rings is 1. The highest BCUT2D eigenvalue weighted by Crippen LogP contribution is 2.34. The molecule has 2 fully saturated rings. The lowest BCUT2D eigenvalue weighted by atomic mass is 9.86. The first-order valence-electron chi connectivity index (χ1n) is 13.6. The molecule has 0 N–H and O–H groups in total. The Morgan fingerprint density at radius 2 is 1.89 bits per heavy atom. The summed E-state index contributed by atoms with van der Waals surface area (Å²) in [7, 11) is 0. The van der Waals surface area contributed by atoms with E-state index in [-0.39, 0.29) is 29.9 Å². The van der Waals surface area contributed by atoms with Gasteiger partial charge in [0.2, 0.25) is 11.9 Å². The molecule has 0 saturated carbocycles. The summed E-state index contributed by atoms with van der Waals surface area (Å²) in [5.74, 6) is 1.01. The van der Waals surface area contributed by atoms with E-state index >= 15 is 0 Å². The van der Waals surface area contributed by atoms with Crippen LogP contribution in [-0.4, -0.2) is 59.7 Å². The Balaban J connectivity index is 1.10. The fourth-order valence-electron chi connectivity index (χ4n) is 5.52. The van der Waals surface area contributed by atoms with Gasteiger partial charge >= 0.3 is 0 Å². The Bertz CT molecular complexity index is 1120. The molecule has 3 aliphatic rings. The lowest BCUT2D eigenvalue weighted by Crippen LogP contribution is -2.36. The van der Waals surface area contributed by atoms with Crippen molar-refractivity contribution < 1.29 is 18.3 Å². The molecule has 2 saturated heterocycles. The molecule has 198 valence electrons. The van der Waals surface area contributed by atoms with Crippen LogP contribution in [0.15, 0.2) is 36.7 Å². The summed E-state index contributed by atoms with van der Waals surface area (Å²) in [6.45, 7) is 5.05. The molecule has 1 unspecified atom stereocenters. The minimum Gasteiger partial charge on any atom is -0.490 e. The third kappa shape index (κ3) is 6.11. The average Bonchev–Trinajstić information content (AvgIpc) is 3.38. The second-order valence-electron chi connectivity index (χ2n) is 10.5. The van der Waals surface area contributed by atoms with Crippen molar-refractivity contribution >= 4 is 17.4 Å². The summed E-state index contributed by atoms with van der Waals surface area (Å²) in [4.78, 5) is 25.5. The van der Waals surface area contributed by atoms with Gasteiger partial charge in [0.1, 0.15) is 6.17 Å². The molecule has 1 amide bonds. The molecule has 1 aliphatic carbocycles. The highest BCUT2D eigenvalue weighted by atomic mass is 19.1. The number of aromatic nitrogens is 2. The number of alkyl halides is 1. The van der Waals surface area contributed by atoms with Crippen LogP contribution < -0.4 is 9.64 Å². The Morgan fingerprint density at radius 1 is 1.11 bits per heavy atom. The van der Waals surface area contributed by atoms with Crippen molar-refractivity contribution in [2.75, 3.05) is 37.7 Å². The summed E-state index contributed by atoms with van der Waals surface area (Å²) < 4.78 is 34.2. The SMILES string of the molecule is CCc1cnc(N2CCC(COc3ccc(C4=CCC(C(=O)N5CC[C@H](F)C5)CC4)cc3F)CC2)nc1. The Hall–Kier alpha value is -3.03. The number of halogens is 2. The molecular weight excluding hydrogens is 474 g/mol. The van der Waals surface area contributed by atoms with Crippen LogP contribution in [0.3, 0.4) is 0 Å². The van der Waals surface area contributed by atoms with Crippen molar-refractivity contribution in [3.05, 3.63) is 53.6 Å². The van der Waals surface area contributed by atoms with Gasteiger partial charge in [0.15, 0.2) is 11.6 Å². The van der Waals surface area contributed by atoms with E-state index in [9.17, 15) is 13.6 Å². The summed E-state index contributed by atoms with van der Waals surface area (Å²) >= 11 is 0. The number of likely N-dealkylation sites (tertiary alicyclic amines) is 1. The van der Waals surface area contributed by atoms with Crippen LogP contribution in [0.25, 0.3) is 5.57 Å². The van der Waals surface area contributed by atoms with E-state index in [0.717, 1.165) is 55.0 Å². The van der Waals surface area contributed by atoms with E-state index in [1.54, 1.807) is 11.0 Å². The smallest absolute Gasteiger partial charge is 0.226 e. The van der Waals surface area contributed by atoms with Gasteiger partial charge < -0.3 is 14.5 Å². The predicted molar refractivity (Wildman–Crippen MR) is 140 cm³/mol. The maximum Gasteiger partial charge on any atom is 0.226 e. The summed E-state index contributed by atoms with van der Waals surface area (Å²) in [5.41, 5.74) is 3.03. The second-order valence-corrected chi connectivity index (χ2v) is 10.5. The Morgan fingerprint density at radius 3 is 2.51 bits per heavy atom. The third-order valence-corrected chi connectivity index (χ3v) is 7.98. The average molecular weight is 511 g/mol. The van der Waals surface area contributed by atoms with E-state index in [4.69, 9.17) is 4.74 Å². The molecule has 0 spiro atoms. The monoisotopic (exact) mass is 510 g/mol. The molecule has 2 aromatic rings. The molecular formula is C29H36F2N4O2. The van der Waals surface area contributed by atoms with Crippen molar-refractivity contribution in [3.8, 4) is 5.75 Å². The van der Waals surface area contributed by atoms with Gasteiger partial charge in [0, 0.05) is 37.9 Å². The number of allylic oxidation sites excluding steroid dienone is 2. The van der Waals surface area contributed by atoms with Gasteiger partial charge in [-0.05, 0) is 79.7 Å². The number of rotatable bonds is 7. The first-order chi connectivity index (χ1) is 18.0. The molecule has 3 heterocycles. The lowest BCUT2D eigenvalue weighted by Gasteiger charge is -2.31. The summed E-state index contributed by atoms with van der Waals surface area (Å²) in [5, 5.41) is 0. The van der Waals surface area contributed by atoms with Crippen molar-refractivity contribution in [1.82, 2.24) is 14.9 Å². The molecule has 2 aliphatic heterocycles. The fourth-order valence-corrected chi connectivity index (χ4v) is 5.52. The van der Waals surface area contributed by atoms with Crippen molar-refractivity contribution in [1.29, 1.82) is 0 Å². The molecule has 0 radical (unpaired) electrons. The zero-order valence-electron chi connectivity index (χ0n) is 21.5. The molecule has 8 heteroatoms. The zero-order chi connectivity index (χ0) is 25.8. The number of hydrogen-bond donors (Lipinski definition) is 0. The van der Waals surface area contributed by atoms with Crippen molar-refractivity contribution in [2.24, 2.45) is 11.8 Å². The maximum absolute atomic E-state index is 14.9. The van der Waals surface area contributed by atoms with Crippen LogP contribution in [0, 0.1) is 17.7 Å². The molecule has 0 bridgehead atoms. The number of ether oxygens (including phenoxy) is 1. The molecule has 1 aromatic heterocycles. The van der Waals surface area contributed by atoms with Crippen LogP contribution in [0.5, 0.6) is 5.75 Å². The number of aryl methyl sites for hydroxylation is 1. The highest BCUT2D eigenvalue weighted by molar-refractivity contribution is 5.81. The van der Waals surface area contributed by atoms with Crippen molar-refractivity contribution in [3.63, 3.8) is 0 Å². The number of carbonyl (C=O) groups is 1. The molecule has 1 aromatic carbocycles. The minimum absolute atomic E-state index is 0.0538. The zero-order valence-corrected chi connectivity index (χ0v) is 21.5. The van der Waals surface area contributed by atoms with E-state index in [1.807, 2.05) is 24.5 Å². The van der Waals surface area contributed by atoms with E-state index in [1.165, 1.54) is 6.07 Å². The van der Waals surface area contributed by atoms with Crippen LogP contribution in [0.1, 0.15) is 56.6 Å². The quantitative estimate of drug-likeness (QED) is 0.511. The van der Waals surface area contributed by atoms with Crippen LogP contribution in [-0.2, 0) is 11.2 Å². The number of amides is 1. The maximum atomic E-state index is 14.9. The third-order valence-electron chi connectivity index (χ3n) is 7.98. The van der Waals surface area contributed by atoms with Crippen LogP contribution >= 0.6 is 0 Å². The van der Waals surface area contributed by atoms with Crippen LogP contribution in [0.2, 0.25) is 0 Å². The summed E-state index contributed by atoms with van der Waals surface area (Å²) in [6, 6.07) is 5.16. The standard InChI is InChI=1S/C29H36F2N4O2/c1-2-20-16-32-29(33-17-20)34-12-9-21(10-13-34)19-37-27-8-7-24(15-26(27)31)22-3-5-23(6-4-22)28(36)35-14-11-25(30)18-35/h3,7-8,15-17,21,23,25H,2,4-6,9-14,18-19H2,1H3/t23?,25-/m0/s1. The van der Waals surface area contributed by atoms with E-state index in [2.05, 4.69) is 21.8 Å². The van der Waals surface area contributed by atoms with Gasteiger partial charge in [0.25, 0.3) is 0 Å². The fraction of sp³-hybridized carbons (Fsp3) is 0.552. The first-order valence-corrected chi connectivity index (χ1v) is 13.6. The van der Waals surface area contributed by atoms with E-state index < -0.39 is 6.17 Å². The second kappa shape index (κ2) is 11.6. The minimum atomic E-state index is -0.895. The summed E-state index contributed by atoms with van der Waals surface area (Å²) in [6.07, 6.45) is 10.2. The molecule has 5 rings (SSSR count). The number of anilines is 1. The van der Waals surface area contributed by atoms with Gasteiger partial charge in [-0.25, -0.2) is 18.7 Å². The Kier molecular flexibility index (Phi) is 8.01. The topological polar surface area (TPSA) is 58.6 Å². The first kappa shape index (κ1) is 25.6. The van der Waals surface area contributed by atoms with Gasteiger partial charge in [-0.2, -0.15) is 0 Å². The normalized spacial score (nSPS) is 22.7. The lowest BCUT2D eigenvalue weighted by molar-refractivity contribution is -0.134. The number of hydrogen-bond acceptors (Lipinski definition) is 5. The number of nitrogens with zero attached hydrogens (tertiary/aromatic N) is 4. The van der Waals surface area contributed by atoms with Gasteiger partial charge in [-0.15, -0.1) is 0 Å². The van der Waals surface area contributed by atoms with Gasteiger partial charge in [-0.3, -0.25) is 4.79 Å². The number of piperidine rings is 1. The van der Waals surface area contributed by atoms with Crippen LogP contribution in [0.4, 0.5) is 14.7 Å². The van der Waals surface area contributed by atoms with Crippen molar-refractivity contribution in [2.45, 2.75) is 58.0 Å². The number of carbonyl (C=O) groups excluding carboxylic acids is 1. The molecule has 2 atom stereocenters. The van der Waals surface area contributed by atoms with Gasteiger partial charge in [0.05, 0.1) is 13.2 Å². The molecule has 37 heavy (non-hydrogen) atoms. The van der Waals surface area contributed by atoms with E-state index in [0.29, 0.717) is 44.8 Å². The Labute approximate surface area is 217 Å². The van der Waals surface area contributed by atoms with Gasteiger partial charge in [-0.1, -0.05) is 19.1 Å². The largest absolute Gasteiger partial charge is 0.490 e. The highest BCUT2D eigenvalue weighted by Gasteiger charge is 2.31. The predicted octanol–water partition coefficient (Wildman–Crippen LogP) is 5.23. The molecule has 6 nitrogen and oxygen atoms in total.